The van der Waals surface area contributed by atoms with Crippen LogP contribution in [0.3, 0.4) is 0 Å². The lowest BCUT2D eigenvalue weighted by molar-refractivity contribution is 0.0769. The van der Waals surface area contributed by atoms with Crippen molar-refractivity contribution in [2.75, 3.05) is 31.6 Å². The van der Waals surface area contributed by atoms with Crippen LogP contribution in [0.1, 0.15) is 37.7 Å². The quantitative estimate of drug-likeness (QED) is 0.588. The molecule has 2 unspecified atom stereocenters. The maximum Gasteiger partial charge on any atom is 0.142 e. The molecule has 5 nitrogen and oxygen atoms in total. The first-order chi connectivity index (χ1) is 15.3. The third-order valence-corrected chi connectivity index (χ3v) is 6.08. The molecule has 2 aliphatic rings. The molecule has 1 fully saturated rings. The van der Waals surface area contributed by atoms with Gasteiger partial charge in [0.2, 0.25) is 0 Å². The van der Waals surface area contributed by atoms with Crippen LogP contribution >= 0.6 is 0 Å². The van der Waals surface area contributed by atoms with E-state index in [4.69, 9.17) is 9.57 Å². The molecule has 0 aliphatic carbocycles. The molecule has 0 aromatic heterocycles. The van der Waals surface area contributed by atoms with Gasteiger partial charge in [-0.15, -0.1) is 0 Å². The number of hydrogen-bond donors (Lipinski definition) is 1. The van der Waals surface area contributed by atoms with Gasteiger partial charge >= 0.3 is 0 Å². The summed E-state index contributed by atoms with van der Waals surface area (Å²) < 4.78 is 5.60. The summed E-state index contributed by atoms with van der Waals surface area (Å²) in [6.45, 7) is 3.05. The number of allylic oxidation sites excluding steroid dienone is 1. The number of unbranched alkanes of at least 4 members (excludes halogenated alkanes) is 1. The highest BCUT2D eigenvalue weighted by Gasteiger charge is 2.25. The molecule has 4 rings (SSSR count). The molecule has 164 valence electrons. The predicted molar refractivity (Wildman–Crippen MR) is 128 cm³/mol. The van der Waals surface area contributed by atoms with E-state index >= 15 is 0 Å². The number of oxime groups is 1. The molecule has 2 heterocycles. The fraction of sp³-hybridized carbons (Fsp3) is 0.423. The van der Waals surface area contributed by atoms with Crippen LogP contribution < -0.4 is 15.0 Å². The van der Waals surface area contributed by atoms with Gasteiger partial charge in [-0.1, -0.05) is 60.1 Å². The number of ether oxygens (including phenoxy) is 1. The minimum atomic E-state index is 0.213. The van der Waals surface area contributed by atoms with E-state index in [0.29, 0.717) is 6.04 Å². The normalized spacial score (nSPS) is 21.2. The standard InChI is InChI=1S/C26H33N3O2/c1-30-26-14-8-7-13-25(26)29-18-17-27-20-23(29)11-5-6-12-24-19-22(28-31-24)16-15-21-9-3-2-4-10-21/h2-4,7-10,13-16,23-24,27H,5-6,11-12,17-20H2,1H3. The Morgan fingerprint density at radius 3 is 2.74 bits per heavy atom. The fourth-order valence-electron chi connectivity index (χ4n) is 4.41. The van der Waals surface area contributed by atoms with Crippen molar-refractivity contribution in [1.82, 2.24) is 5.32 Å². The highest BCUT2D eigenvalue weighted by Crippen LogP contribution is 2.31. The molecular formula is C26H33N3O2. The van der Waals surface area contributed by atoms with Crippen molar-refractivity contribution in [1.29, 1.82) is 0 Å². The number of para-hydroxylation sites is 2. The maximum atomic E-state index is 5.66. The molecule has 2 aromatic rings. The molecule has 0 bridgehead atoms. The fourth-order valence-corrected chi connectivity index (χ4v) is 4.41. The summed E-state index contributed by atoms with van der Waals surface area (Å²) in [7, 11) is 1.75. The van der Waals surface area contributed by atoms with Gasteiger partial charge in [-0.2, -0.15) is 0 Å². The van der Waals surface area contributed by atoms with Crippen LogP contribution in [-0.2, 0) is 4.84 Å². The number of methoxy groups -OCH3 is 1. The van der Waals surface area contributed by atoms with Crippen LogP contribution in [-0.4, -0.2) is 44.6 Å². The van der Waals surface area contributed by atoms with Crippen LogP contribution in [0.25, 0.3) is 6.08 Å². The van der Waals surface area contributed by atoms with E-state index in [1.165, 1.54) is 24.1 Å². The Bertz CT molecular complexity index is 881. The second kappa shape index (κ2) is 11.0. The molecule has 2 aliphatic heterocycles. The van der Waals surface area contributed by atoms with Crippen molar-refractivity contribution < 1.29 is 9.57 Å². The summed E-state index contributed by atoms with van der Waals surface area (Å²) in [5, 5.41) is 7.82. The average Bonchev–Trinajstić information content (AvgIpc) is 3.29. The van der Waals surface area contributed by atoms with Gasteiger partial charge in [-0.25, -0.2) is 0 Å². The molecule has 1 saturated heterocycles. The lowest BCUT2D eigenvalue weighted by atomic mass is 10.0. The van der Waals surface area contributed by atoms with E-state index < -0.39 is 0 Å². The summed E-state index contributed by atoms with van der Waals surface area (Å²) in [4.78, 5) is 8.18. The van der Waals surface area contributed by atoms with Gasteiger partial charge in [0.25, 0.3) is 0 Å². The average molecular weight is 420 g/mol. The molecule has 1 N–H and O–H groups in total. The number of nitrogens with zero attached hydrogens (tertiary/aromatic N) is 2. The second-order valence-electron chi connectivity index (χ2n) is 8.27. The van der Waals surface area contributed by atoms with Gasteiger partial charge in [-0.05, 0) is 43.0 Å². The molecule has 0 radical (unpaired) electrons. The second-order valence-corrected chi connectivity index (χ2v) is 8.27. The SMILES string of the molecule is COc1ccccc1N1CCNCC1CCCCC1CC(C=Cc2ccccc2)=NO1. The molecule has 2 atom stereocenters. The van der Waals surface area contributed by atoms with E-state index in [0.717, 1.165) is 50.4 Å². The first kappa shape index (κ1) is 21.4. The Kier molecular flexibility index (Phi) is 7.61. The lowest BCUT2D eigenvalue weighted by Crippen LogP contribution is -2.51. The third kappa shape index (κ3) is 5.88. The Morgan fingerprint density at radius 2 is 1.87 bits per heavy atom. The number of nitrogens with one attached hydrogen (secondary N) is 1. The zero-order chi connectivity index (χ0) is 21.3. The van der Waals surface area contributed by atoms with Gasteiger partial charge in [0, 0.05) is 32.1 Å². The van der Waals surface area contributed by atoms with Crippen LogP contribution in [0.4, 0.5) is 5.69 Å². The van der Waals surface area contributed by atoms with Crippen molar-refractivity contribution in [2.24, 2.45) is 5.16 Å². The van der Waals surface area contributed by atoms with Crippen molar-refractivity contribution >= 4 is 17.5 Å². The Labute approximate surface area is 185 Å². The van der Waals surface area contributed by atoms with Crippen molar-refractivity contribution in [3.05, 3.63) is 66.2 Å². The highest BCUT2D eigenvalue weighted by atomic mass is 16.6. The number of hydrogen-bond acceptors (Lipinski definition) is 5. The predicted octanol–water partition coefficient (Wildman–Crippen LogP) is 4.89. The lowest BCUT2D eigenvalue weighted by Gasteiger charge is -2.38. The van der Waals surface area contributed by atoms with Crippen LogP contribution in [0.15, 0.2) is 65.8 Å². The summed E-state index contributed by atoms with van der Waals surface area (Å²) in [6.07, 6.45) is 9.87. The van der Waals surface area contributed by atoms with Crippen LogP contribution in [0, 0.1) is 0 Å². The Balaban J connectivity index is 1.21. The smallest absolute Gasteiger partial charge is 0.142 e. The van der Waals surface area contributed by atoms with E-state index in [2.05, 4.69) is 57.9 Å². The number of piperazine rings is 1. The monoisotopic (exact) mass is 419 g/mol. The summed E-state index contributed by atoms with van der Waals surface area (Å²) in [5.41, 5.74) is 3.43. The number of benzene rings is 2. The van der Waals surface area contributed by atoms with Crippen molar-refractivity contribution in [2.45, 2.75) is 44.2 Å². The van der Waals surface area contributed by atoms with Crippen molar-refractivity contribution in [3.63, 3.8) is 0 Å². The van der Waals surface area contributed by atoms with Gasteiger partial charge in [0.1, 0.15) is 11.9 Å². The molecule has 0 spiro atoms. The molecule has 2 aromatic carbocycles. The van der Waals surface area contributed by atoms with E-state index in [9.17, 15) is 0 Å². The van der Waals surface area contributed by atoms with E-state index in [1.807, 2.05) is 24.3 Å². The topological polar surface area (TPSA) is 46.1 Å². The minimum Gasteiger partial charge on any atom is -0.495 e. The maximum absolute atomic E-state index is 5.66. The van der Waals surface area contributed by atoms with Gasteiger partial charge < -0.3 is 19.8 Å². The number of rotatable bonds is 9. The zero-order valence-electron chi connectivity index (χ0n) is 18.4. The van der Waals surface area contributed by atoms with Gasteiger partial charge in [0.05, 0.1) is 18.5 Å². The first-order valence-electron chi connectivity index (χ1n) is 11.4. The van der Waals surface area contributed by atoms with Crippen LogP contribution in [0.5, 0.6) is 5.75 Å². The largest absolute Gasteiger partial charge is 0.495 e. The third-order valence-electron chi connectivity index (χ3n) is 6.08. The van der Waals surface area contributed by atoms with E-state index in [1.54, 1.807) is 7.11 Å². The summed E-state index contributed by atoms with van der Waals surface area (Å²) in [5.74, 6) is 0.960. The first-order valence-corrected chi connectivity index (χ1v) is 11.4. The zero-order valence-corrected chi connectivity index (χ0v) is 18.4. The van der Waals surface area contributed by atoms with Gasteiger partial charge in [0.15, 0.2) is 0 Å². The van der Waals surface area contributed by atoms with Gasteiger partial charge in [-0.3, -0.25) is 0 Å². The minimum absolute atomic E-state index is 0.213. The highest BCUT2D eigenvalue weighted by molar-refractivity contribution is 5.98. The van der Waals surface area contributed by atoms with Crippen molar-refractivity contribution in [3.8, 4) is 5.75 Å². The number of anilines is 1. The Morgan fingerprint density at radius 1 is 1.06 bits per heavy atom. The Hall–Kier alpha value is -2.79. The molecule has 0 amide bonds. The molecular weight excluding hydrogens is 386 g/mol. The van der Waals surface area contributed by atoms with E-state index in [-0.39, 0.29) is 6.10 Å². The summed E-state index contributed by atoms with van der Waals surface area (Å²) >= 11 is 0. The summed E-state index contributed by atoms with van der Waals surface area (Å²) in [6, 6.07) is 19.2. The molecule has 31 heavy (non-hydrogen) atoms. The van der Waals surface area contributed by atoms with Crippen LogP contribution in [0.2, 0.25) is 0 Å². The molecule has 0 saturated carbocycles. The molecule has 5 heteroatoms.